The lowest BCUT2D eigenvalue weighted by Crippen LogP contribution is -2.30. The zero-order valence-corrected chi connectivity index (χ0v) is 7.78. The number of hydrogen-bond donors (Lipinski definition) is 1. The predicted octanol–water partition coefficient (Wildman–Crippen LogP) is 2.28. The van der Waals surface area contributed by atoms with Crippen LogP contribution in [0.25, 0.3) is 0 Å². The Bertz CT molecular complexity index is 216. The highest BCUT2D eigenvalue weighted by Gasteiger charge is 2.10. The SMILES string of the molecule is O[n+]1cc(Cl)c(Br)cc1Cl. The summed E-state index contributed by atoms with van der Waals surface area (Å²) in [6.45, 7) is 0. The van der Waals surface area contributed by atoms with Gasteiger partial charge in [0.25, 0.3) is 0 Å². The van der Waals surface area contributed by atoms with Gasteiger partial charge in [-0.1, -0.05) is 11.6 Å². The molecule has 0 unspecified atom stereocenters. The minimum atomic E-state index is 0.205. The van der Waals surface area contributed by atoms with Crippen LogP contribution in [0.5, 0.6) is 0 Å². The zero-order chi connectivity index (χ0) is 7.72. The van der Waals surface area contributed by atoms with Crippen molar-refractivity contribution in [1.29, 1.82) is 0 Å². The third kappa shape index (κ3) is 1.54. The van der Waals surface area contributed by atoms with Crippen LogP contribution in [-0.2, 0) is 0 Å². The van der Waals surface area contributed by atoms with Crippen molar-refractivity contribution >= 4 is 39.1 Å². The maximum atomic E-state index is 8.90. The first-order valence-electron chi connectivity index (χ1n) is 2.36. The van der Waals surface area contributed by atoms with Gasteiger partial charge in [-0.15, -0.1) is 0 Å². The van der Waals surface area contributed by atoms with Crippen molar-refractivity contribution in [1.82, 2.24) is 0 Å². The van der Waals surface area contributed by atoms with Gasteiger partial charge in [0.2, 0.25) is 6.20 Å². The van der Waals surface area contributed by atoms with Gasteiger partial charge in [0, 0.05) is 10.8 Å². The van der Waals surface area contributed by atoms with Crippen LogP contribution < -0.4 is 4.73 Å². The van der Waals surface area contributed by atoms with E-state index in [1.165, 1.54) is 12.3 Å². The number of aromatic nitrogens is 1. The molecule has 1 aromatic rings. The fraction of sp³-hybridized carbons (Fsp3) is 0. The number of pyridine rings is 1. The summed E-state index contributed by atoms with van der Waals surface area (Å²) in [5.41, 5.74) is 0. The van der Waals surface area contributed by atoms with E-state index in [9.17, 15) is 0 Å². The Morgan fingerprint density at radius 3 is 2.60 bits per heavy atom. The first kappa shape index (κ1) is 8.11. The van der Waals surface area contributed by atoms with Crippen LogP contribution in [-0.4, -0.2) is 5.21 Å². The van der Waals surface area contributed by atoms with E-state index >= 15 is 0 Å². The summed E-state index contributed by atoms with van der Waals surface area (Å²) in [5.74, 6) is 0. The van der Waals surface area contributed by atoms with Gasteiger partial charge in [0.15, 0.2) is 0 Å². The summed E-state index contributed by atoms with van der Waals surface area (Å²) in [4.78, 5) is 0. The molecule has 0 amide bonds. The molecule has 54 valence electrons. The molecule has 0 saturated heterocycles. The second-order valence-electron chi connectivity index (χ2n) is 1.64. The average Bonchev–Trinajstić information content (AvgIpc) is 1.84. The number of rotatable bonds is 0. The molecule has 0 atom stereocenters. The van der Waals surface area contributed by atoms with Gasteiger partial charge in [0.05, 0.1) is 4.47 Å². The fourth-order valence-electron chi connectivity index (χ4n) is 0.470. The molecule has 0 spiro atoms. The highest BCUT2D eigenvalue weighted by atomic mass is 79.9. The maximum absolute atomic E-state index is 8.90. The normalized spacial score (nSPS) is 9.90. The van der Waals surface area contributed by atoms with Crippen LogP contribution >= 0.6 is 39.1 Å². The first-order valence-corrected chi connectivity index (χ1v) is 3.91. The van der Waals surface area contributed by atoms with Crippen LogP contribution in [0.3, 0.4) is 0 Å². The minimum absolute atomic E-state index is 0.205. The second kappa shape index (κ2) is 2.95. The van der Waals surface area contributed by atoms with E-state index in [4.69, 9.17) is 28.4 Å². The van der Waals surface area contributed by atoms with E-state index in [2.05, 4.69) is 15.9 Å². The Morgan fingerprint density at radius 1 is 1.50 bits per heavy atom. The standard InChI is InChI=1S/C5H3BrCl2NO/c6-3-1-5(8)9(10)2-4(3)7/h1-2,10H/q+1. The summed E-state index contributed by atoms with van der Waals surface area (Å²) in [5, 5.41) is 9.52. The molecule has 1 rings (SSSR count). The van der Waals surface area contributed by atoms with E-state index in [1.54, 1.807) is 0 Å². The predicted molar refractivity (Wildman–Crippen MR) is 41.5 cm³/mol. The molecule has 0 bridgehead atoms. The van der Waals surface area contributed by atoms with Gasteiger partial charge in [-0.3, -0.25) is 5.21 Å². The lowest BCUT2D eigenvalue weighted by Gasteiger charge is -1.90. The summed E-state index contributed by atoms with van der Waals surface area (Å²) >= 11 is 14.2. The molecule has 0 aliphatic heterocycles. The third-order valence-corrected chi connectivity index (χ3v) is 2.40. The van der Waals surface area contributed by atoms with E-state index in [1.807, 2.05) is 0 Å². The van der Waals surface area contributed by atoms with Crippen molar-refractivity contribution in [2.45, 2.75) is 0 Å². The molecule has 1 aromatic heterocycles. The molecule has 5 heteroatoms. The van der Waals surface area contributed by atoms with E-state index in [-0.39, 0.29) is 5.15 Å². The van der Waals surface area contributed by atoms with E-state index in [0.717, 1.165) is 4.73 Å². The molecule has 1 N–H and O–H groups in total. The number of hydrogen-bond acceptors (Lipinski definition) is 1. The van der Waals surface area contributed by atoms with Crippen LogP contribution in [0.2, 0.25) is 10.2 Å². The number of nitrogens with zero attached hydrogens (tertiary/aromatic N) is 1. The van der Waals surface area contributed by atoms with Gasteiger partial charge < -0.3 is 0 Å². The molecule has 0 radical (unpaired) electrons. The van der Waals surface area contributed by atoms with Crippen molar-refractivity contribution in [3.05, 3.63) is 26.9 Å². The lowest BCUT2D eigenvalue weighted by molar-refractivity contribution is -0.903. The first-order chi connectivity index (χ1) is 4.61. The quantitative estimate of drug-likeness (QED) is 0.422. The highest BCUT2D eigenvalue weighted by molar-refractivity contribution is 9.10. The zero-order valence-electron chi connectivity index (χ0n) is 4.68. The van der Waals surface area contributed by atoms with Crippen molar-refractivity contribution < 1.29 is 9.94 Å². The molecule has 0 saturated carbocycles. The van der Waals surface area contributed by atoms with Crippen LogP contribution in [0.1, 0.15) is 0 Å². The Labute approximate surface area is 76.1 Å². The maximum Gasteiger partial charge on any atom is 0.326 e. The number of halogens is 3. The summed E-state index contributed by atoms with van der Waals surface area (Å²) in [7, 11) is 0. The van der Waals surface area contributed by atoms with E-state index < -0.39 is 0 Å². The minimum Gasteiger partial charge on any atom is -0.284 e. The smallest absolute Gasteiger partial charge is 0.284 e. The highest BCUT2D eigenvalue weighted by Crippen LogP contribution is 2.21. The van der Waals surface area contributed by atoms with Gasteiger partial charge in [-0.05, 0) is 27.5 Å². The van der Waals surface area contributed by atoms with Crippen molar-refractivity contribution in [2.24, 2.45) is 0 Å². The monoisotopic (exact) mass is 242 g/mol. The molecule has 1 heterocycles. The van der Waals surface area contributed by atoms with E-state index in [0.29, 0.717) is 9.50 Å². The second-order valence-corrected chi connectivity index (χ2v) is 3.29. The summed E-state index contributed by atoms with van der Waals surface area (Å²) in [6.07, 6.45) is 1.30. The van der Waals surface area contributed by atoms with Gasteiger partial charge >= 0.3 is 5.15 Å². The lowest BCUT2D eigenvalue weighted by atomic mass is 10.5. The Hall–Kier alpha value is 0.01000. The van der Waals surface area contributed by atoms with Crippen molar-refractivity contribution in [3.63, 3.8) is 0 Å². The van der Waals surface area contributed by atoms with Crippen LogP contribution in [0.4, 0.5) is 0 Å². The van der Waals surface area contributed by atoms with Crippen LogP contribution in [0, 0.1) is 0 Å². The molecular formula is C5H3BrCl2NO+. The largest absolute Gasteiger partial charge is 0.326 e. The summed E-state index contributed by atoms with van der Waals surface area (Å²) < 4.78 is 1.40. The van der Waals surface area contributed by atoms with Gasteiger partial charge in [-0.25, -0.2) is 0 Å². The summed E-state index contributed by atoms with van der Waals surface area (Å²) in [6, 6.07) is 1.50. The molecule has 10 heavy (non-hydrogen) atoms. The third-order valence-electron chi connectivity index (χ3n) is 0.928. The Balaban J connectivity index is 3.28. The van der Waals surface area contributed by atoms with Crippen LogP contribution in [0.15, 0.2) is 16.7 Å². The van der Waals surface area contributed by atoms with Gasteiger partial charge in [-0.2, -0.15) is 0 Å². The van der Waals surface area contributed by atoms with Crippen molar-refractivity contribution in [2.75, 3.05) is 0 Å². The fourth-order valence-corrected chi connectivity index (χ4v) is 1.23. The molecule has 2 nitrogen and oxygen atoms in total. The Morgan fingerprint density at radius 2 is 2.10 bits per heavy atom. The average molecular weight is 244 g/mol. The molecule has 0 aromatic carbocycles. The molecule has 0 fully saturated rings. The topological polar surface area (TPSA) is 24.1 Å². The molecule has 0 aliphatic rings. The van der Waals surface area contributed by atoms with Gasteiger partial charge in [0.1, 0.15) is 5.02 Å². The molecule has 0 aliphatic carbocycles. The Kier molecular flexibility index (Phi) is 2.39. The van der Waals surface area contributed by atoms with Crippen molar-refractivity contribution in [3.8, 4) is 0 Å². The molecular weight excluding hydrogens is 241 g/mol.